The molecule has 94 valence electrons. The molecule has 0 radical (unpaired) electrons. The summed E-state index contributed by atoms with van der Waals surface area (Å²) in [5.41, 5.74) is 0.752. The van der Waals surface area contributed by atoms with Crippen LogP contribution in [-0.4, -0.2) is 25.3 Å². The Kier molecular flexibility index (Phi) is 3.47. The third-order valence-electron chi connectivity index (χ3n) is 2.35. The van der Waals surface area contributed by atoms with E-state index in [2.05, 4.69) is 5.32 Å². The van der Waals surface area contributed by atoms with Crippen molar-refractivity contribution in [1.29, 1.82) is 0 Å². The minimum absolute atomic E-state index is 0.0618. The van der Waals surface area contributed by atoms with Crippen LogP contribution in [0.5, 0.6) is 11.5 Å². The summed E-state index contributed by atoms with van der Waals surface area (Å²) >= 11 is 4.74. The van der Waals surface area contributed by atoms with Gasteiger partial charge in [0, 0.05) is 0 Å². The number of rotatable bonds is 3. The second-order valence-corrected chi connectivity index (χ2v) is 3.84. The third-order valence-corrected chi connectivity index (χ3v) is 2.53. The first-order valence-electron chi connectivity index (χ1n) is 5.11. The number of carbonyl (C=O) groups excluding carboxylic acids is 1. The van der Waals surface area contributed by atoms with Gasteiger partial charge in [0.15, 0.2) is 17.3 Å². The maximum absolute atomic E-state index is 11.4. The van der Waals surface area contributed by atoms with Crippen molar-refractivity contribution in [3.63, 3.8) is 0 Å². The maximum Gasteiger partial charge on any atom is 0.294 e. The maximum atomic E-state index is 11.4. The molecule has 1 amide bonds. The molecule has 0 aromatic heterocycles. The summed E-state index contributed by atoms with van der Waals surface area (Å²) in [6, 6.07) is 5.27. The Labute approximate surface area is 109 Å². The van der Waals surface area contributed by atoms with Gasteiger partial charge in [-0.05, 0) is 36.0 Å². The number of amides is 1. The highest BCUT2D eigenvalue weighted by Crippen LogP contribution is 2.28. The van der Waals surface area contributed by atoms with Crippen LogP contribution in [0.1, 0.15) is 5.56 Å². The van der Waals surface area contributed by atoms with E-state index in [4.69, 9.17) is 26.4 Å². The quantitative estimate of drug-likeness (QED) is 0.662. The molecule has 0 saturated carbocycles. The zero-order chi connectivity index (χ0) is 13.1. The largest absolute Gasteiger partial charge is 0.493 e. The van der Waals surface area contributed by atoms with E-state index in [1.807, 2.05) is 0 Å². The van der Waals surface area contributed by atoms with Gasteiger partial charge in [-0.25, -0.2) is 0 Å². The van der Waals surface area contributed by atoms with Crippen LogP contribution >= 0.6 is 12.2 Å². The first-order valence-corrected chi connectivity index (χ1v) is 5.51. The van der Waals surface area contributed by atoms with Crippen molar-refractivity contribution in [2.75, 3.05) is 14.2 Å². The minimum Gasteiger partial charge on any atom is -0.493 e. The highest BCUT2D eigenvalue weighted by molar-refractivity contribution is 7.80. The number of hydrogen-bond acceptors (Lipinski definition) is 5. The van der Waals surface area contributed by atoms with Crippen LogP contribution in [0.15, 0.2) is 24.0 Å². The molecule has 0 unspecified atom stereocenters. The fourth-order valence-corrected chi connectivity index (χ4v) is 1.70. The average Bonchev–Trinajstić information content (AvgIpc) is 2.67. The number of ether oxygens (including phenoxy) is 3. The Morgan fingerprint density at radius 2 is 2.00 bits per heavy atom. The van der Waals surface area contributed by atoms with Gasteiger partial charge in [-0.15, -0.1) is 0 Å². The molecule has 18 heavy (non-hydrogen) atoms. The predicted octanol–water partition coefficient (Wildman–Crippen LogP) is 1.48. The van der Waals surface area contributed by atoms with Crippen LogP contribution in [0.2, 0.25) is 0 Å². The lowest BCUT2D eigenvalue weighted by atomic mass is 10.1. The highest BCUT2D eigenvalue weighted by Gasteiger charge is 2.23. The standard InChI is InChI=1S/C12H11NO4S/c1-15-8-4-3-7(5-9(8)16-2)6-10-11(14)13-12(18)17-10/h3-6H,1-2H3,(H,13,14,18). The Morgan fingerprint density at radius 3 is 2.56 bits per heavy atom. The molecular weight excluding hydrogens is 254 g/mol. The van der Waals surface area contributed by atoms with Crippen molar-refractivity contribution < 1.29 is 19.0 Å². The average molecular weight is 265 g/mol. The minimum atomic E-state index is -0.352. The molecule has 0 aliphatic carbocycles. The lowest BCUT2D eigenvalue weighted by Gasteiger charge is -2.07. The lowest BCUT2D eigenvalue weighted by Crippen LogP contribution is -2.18. The second-order valence-electron chi connectivity index (χ2n) is 3.47. The smallest absolute Gasteiger partial charge is 0.294 e. The molecular formula is C12H11NO4S. The van der Waals surface area contributed by atoms with Gasteiger partial charge in [0.2, 0.25) is 0 Å². The molecule has 0 spiro atoms. The van der Waals surface area contributed by atoms with E-state index in [0.29, 0.717) is 11.5 Å². The van der Waals surface area contributed by atoms with Crippen molar-refractivity contribution >= 4 is 29.4 Å². The van der Waals surface area contributed by atoms with E-state index in [1.165, 1.54) is 0 Å². The molecule has 0 bridgehead atoms. The third kappa shape index (κ3) is 2.43. The van der Waals surface area contributed by atoms with Crippen molar-refractivity contribution in [3.8, 4) is 11.5 Å². The molecule has 0 atom stereocenters. The topological polar surface area (TPSA) is 56.8 Å². The normalized spacial score (nSPS) is 16.4. The molecule has 1 fully saturated rings. The fraction of sp³-hybridized carbons (Fsp3) is 0.167. The summed E-state index contributed by atoms with van der Waals surface area (Å²) in [5, 5.41) is 2.45. The molecule has 5 nitrogen and oxygen atoms in total. The highest BCUT2D eigenvalue weighted by atomic mass is 32.1. The van der Waals surface area contributed by atoms with Crippen molar-refractivity contribution in [1.82, 2.24) is 5.32 Å². The Morgan fingerprint density at radius 1 is 1.28 bits per heavy atom. The molecule has 1 N–H and O–H groups in total. The fourth-order valence-electron chi connectivity index (χ4n) is 1.52. The molecule has 1 aromatic carbocycles. The number of hydrogen-bond donors (Lipinski definition) is 1. The number of nitrogens with one attached hydrogen (secondary N) is 1. The Bertz CT molecular complexity index is 539. The summed E-state index contributed by atoms with van der Waals surface area (Å²) in [4.78, 5) is 11.4. The first-order chi connectivity index (χ1) is 8.63. The first kappa shape index (κ1) is 12.4. The Balaban J connectivity index is 2.32. The van der Waals surface area contributed by atoms with Crippen molar-refractivity contribution in [2.45, 2.75) is 0 Å². The number of methoxy groups -OCH3 is 2. The van der Waals surface area contributed by atoms with Gasteiger partial charge in [0.1, 0.15) is 0 Å². The van der Waals surface area contributed by atoms with Crippen LogP contribution < -0.4 is 14.8 Å². The Hall–Kier alpha value is -2.08. The molecule has 1 aliphatic rings. The monoisotopic (exact) mass is 265 g/mol. The van der Waals surface area contributed by atoms with Crippen LogP contribution in [0, 0.1) is 0 Å². The van der Waals surface area contributed by atoms with Crippen LogP contribution in [0.4, 0.5) is 0 Å². The van der Waals surface area contributed by atoms with Crippen molar-refractivity contribution in [3.05, 3.63) is 29.5 Å². The number of carbonyl (C=O) groups is 1. The van der Waals surface area contributed by atoms with E-state index in [0.717, 1.165) is 5.56 Å². The van der Waals surface area contributed by atoms with E-state index in [9.17, 15) is 4.79 Å². The van der Waals surface area contributed by atoms with E-state index < -0.39 is 0 Å². The summed E-state index contributed by atoms with van der Waals surface area (Å²) in [5.74, 6) is 1.00. The molecule has 1 aromatic rings. The SMILES string of the molecule is COc1ccc(C=C2OC(=S)NC2=O)cc1OC. The zero-order valence-corrected chi connectivity index (χ0v) is 10.7. The summed E-state index contributed by atoms with van der Waals surface area (Å²) in [7, 11) is 3.10. The van der Waals surface area contributed by atoms with Crippen LogP contribution in [0.3, 0.4) is 0 Å². The molecule has 1 saturated heterocycles. The second kappa shape index (κ2) is 5.05. The van der Waals surface area contributed by atoms with Gasteiger partial charge >= 0.3 is 0 Å². The van der Waals surface area contributed by atoms with E-state index in [-0.39, 0.29) is 16.8 Å². The number of benzene rings is 1. The van der Waals surface area contributed by atoms with Gasteiger partial charge in [0.05, 0.1) is 14.2 Å². The summed E-state index contributed by atoms with van der Waals surface area (Å²) in [6.07, 6.45) is 1.58. The van der Waals surface area contributed by atoms with Gasteiger partial charge in [-0.1, -0.05) is 6.07 Å². The van der Waals surface area contributed by atoms with Crippen molar-refractivity contribution in [2.24, 2.45) is 0 Å². The van der Waals surface area contributed by atoms with Gasteiger partial charge in [-0.2, -0.15) is 0 Å². The van der Waals surface area contributed by atoms with Gasteiger partial charge in [0.25, 0.3) is 11.1 Å². The summed E-state index contributed by atoms with van der Waals surface area (Å²) in [6.45, 7) is 0. The summed E-state index contributed by atoms with van der Waals surface area (Å²) < 4.78 is 15.4. The lowest BCUT2D eigenvalue weighted by molar-refractivity contribution is -0.116. The van der Waals surface area contributed by atoms with Crippen LogP contribution in [-0.2, 0) is 9.53 Å². The zero-order valence-electron chi connectivity index (χ0n) is 9.85. The van der Waals surface area contributed by atoms with Crippen LogP contribution in [0.25, 0.3) is 6.08 Å². The van der Waals surface area contributed by atoms with Gasteiger partial charge < -0.3 is 14.2 Å². The molecule has 2 rings (SSSR count). The van der Waals surface area contributed by atoms with E-state index in [1.54, 1.807) is 38.5 Å². The van der Waals surface area contributed by atoms with Gasteiger partial charge in [-0.3, -0.25) is 10.1 Å². The van der Waals surface area contributed by atoms with E-state index >= 15 is 0 Å². The molecule has 6 heteroatoms. The number of thiocarbonyl (C=S) groups is 1. The predicted molar refractivity (Wildman–Crippen MR) is 69.3 cm³/mol. The molecule has 1 aliphatic heterocycles. The molecule has 1 heterocycles.